The summed E-state index contributed by atoms with van der Waals surface area (Å²) in [5, 5.41) is 0. The second-order valence-corrected chi connectivity index (χ2v) is 33.0. The van der Waals surface area contributed by atoms with E-state index in [9.17, 15) is 0 Å². The van der Waals surface area contributed by atoms with Gasteiger partial charge in [0, 0.05) is 0 Å². The normalized spacial score (nSPS) is 11.5. The van der Waals surface area contributed by atoms with Crippen LogP contribution in [0.2, 0.25) is 0 Å². The van der Waals surface area contributed by atoms with E-state index in [1.54, 1.807) is 0 Å². The molecule has 8 nitrogen and oxygen atoms in total. The van der Waals surface area contributed by atoms with Gasteiger partial charge in [-0.3, -0.25) is 0 Å². The molecule has 0 radical (unpaired) electrons. The molecule has 0 fully saturated rings. The van der Waals surface area contributed by atoms with Gasteiger partial charge >= 0.3 is 0 Å². The second kappa shape index (κ2) is 32.1. The number of aromatic nitrogens is 8. The molecule has 0 spiro atoms. The summed E-state index contributed by atoms with van der Waals surface area (Å²) < 4.78 is 19.1. The van der Waals surface area contributed by atoms with Crippen LogP contribution < -0.4 is 18.3 Å². The molecule has 0 aliphatic carbocycles. The Morgan fingerprint density at radius 3 is 0.825 bits per heavy atom. The molecular weight excluding hydrogens is 1390 g/mol. The number of rotatable bonds is 10. The fraction of sp³-hybridized carbons (Fsp3) is 0.226. The summed E-state index contributed by atoms with van der Waals surface area (Å²) in [6.45, 7) is 40.0. The Balaban J connectivity index is 0.000000126. The minimum absolute atomic E-state index is 0.144. The van der Waals surface area contributed by atoms with E-state index in [2.05, 4.69) is 462 Å². The zero-order chi connectivity index (χ0) is 80.9. The van der Waals surface area contributed by atoms with Crippen LogP contribution in [-0.4, -0.2) is 18.3 Å². The summed E-state index contributed by atoms with van der Waals surface area (Å²) in [6.07, 6.45) is 0. The molecule has 0 N–H and O–H groups in total. The van der Waals surface area contributed by atoms with Crippen LogP contribution in [0.25, 0.3) is 124 Å². The van der Waals surface area contributed by atoms with Crippen molar-refractivity contribution in [1.29, 1.82) is 0 Å². The van der Waals surface area contributed by atoms with Crippen LogP contribution in [0.3, 0.4) is 0 Å². The van der Waals surface area contributed by atoms with Crippen molar-refractivity contribution in [3.05, 3.63) is 356 Å². The Morgan fingerprint density at radius 2 is 0.526 bits per heavy atom. The minimum atomic E-state index is 0.144. The molecule has 0 unspecified atom stereocenters. The van der Waals surface area contributed by atoms with Crippen molar-refractivity contribution in [2.45, 2.75) is 136 Å². The van der Waals surface area contributed by atoms with Gasteiger partial charge in [-0.05, 0) is 263 Å². The van der Waals surface area contributed by atoms with E-state index in [4.69, 9.17) is 0 Å². The summed E-state index contributed by atoms with van der Waals surface area (Å²) in [5.74, 6) is 5.41. The van der Waals surface area contributed by atoms with Crippen molar-refractivity contribution < 1.29 is 18.3 Å². The molecule has 0 bridgehead atoms. The van der Waals surface area contributed by atoms with Gasteiger partial charge in [-0.15, -0.1) is 0 Å². The van der Waals surface area contributed by atoms with Crippen molar-refractivity contribution in [3.8, 4) is 79.4 Å². The zero-order valence-corrected chi connectivity index (χ0v) is 71.1. The third kappa shape index (κ3) is 14.6. The molecule has 0 aliphatic rings. The number of para-hydroxylation sites is 12. The standard InChI is InChI=1S/C29H27N2.C27H31N2.C26H29N2.C24H25N2/c1-20-11-10-12-21(2)28(20)31-27-16-9-8-15-26(27)30(4)29(31)25-18-17-24(19-22(25)3)23-13-6-5-7-14-23;1-18-11-10-12-19(2)25(18)29-24-14-9-8-13-23(24)28(7)26(29)22-16-15-21(17-20(22)3)27(4,5)6;1-17(2)21-14-15-22(20(5)16-21)26-27(6)23-12-7-8-13-24(23)28(26)25-18(3)10-9-11-19(25)4;1-16-13-14-20(19(4)15-16)24-25(5)21-11-6-7-12-22(21)26(24)23-17(2)9-8-10-18(23)3/h5-19H,1-4H3;8-17H,1-7H3;7-17H,1-6H3;6-15H,1-5H3/q4*+1. The van der Waals surface area contributed by atoms with Gasteiger partial charge in [-0.25, -0.2) is 18.3 Å². The number of nitrogens with zero attached hydrogens (tertiary/aromatic N) is 8. The lowest BCUT2D eigenvalue weighted by Crippen LogP contribution is -2.30. The Kier molecular flexibility index (Phi) is 22.1. The molecule has 0 amide bonds. The minimum Gasteiger partial charge on any atom is -0.225 e. The van der Waals surface area contributed by atoms with Crippen molar-refractivity contribution in [2.75, 3.05) is 0 Å². The zero-order valence-electron chi connectivity index (χ0n) is 71.1. The van der Waals surface area contributed by atoms with E-state index in [0.717, 1.165) is 0 Å². The maximum absolute atomic E-state index is 2.44. The molecule has 4 heterocycles. The highest BCUT2D eigenvalue weighted by molar-refractivity contribution is 5.85. The van der Waals surface area contributed by atoms with Gasteiger partial charge in [-0.2, -0.15) is 18.3 Å². The Bertz CT molecular complexity index is 6430. The molecule has 0 saturated heterocycles. The van der Waals surface area contributed by atoms with Crippen LogP contribution in [0, 0.1) is 90.0 Å². The smallest absolute Gasteiger partial charge is 0.225 e. The van der Waals surface area contributed by atoms with E-state index in [0.29, 0.717) is 5.92 Å². The number of fused-ring (bicyclic) bond motifs is 4. The second-order valence-electron chi connectivity index (χ2n) is 33.0. The van der Waals surface area contributed by atoms with Gasteiger partial charge in [0.05, 0.1) is 50.4 Å². The van der Waals surface area contributed by atoms with E-state index in [-0.39, 0.29) is 5.41 Å². The molecule has 17 rings (SSSR count). The van der Waals surface area contributed by atoms with Gasteiger partial charge < -0.3 is 0 Å². The molecule has 0 saturated carbocycles. The van der Waals surface area contributed by atoms with Gasteiger partial charge in [0.2, 0.25) is 0 Å². The van der Waals surface area contributed by atoms with Gasteiger partial charge in [-0.1, -0.05) is 240 Å². The van der Waals surface area contributed by atoms with Crippen LogP contribution in [0.5, 0.6) is 0 Å². The van der Waals surface area contributed by atoms with E-state index >= 15 is 0 Å². The summed E-state index contributed by atoms with van der Waals surface area (Å²) in [4.78, 5) is 0. The van der Waals surface area contributed by atoms with Gasteiger partial charge in [0.15, 0.2) is 44.1 Å². The van der Waals surface area contributed by atoms with Crippen molar-refractivity contribution in [3.63, 3.8) is 0 Å². The summed E-state index contributed by atoms with van der Waals surface area (Å²) in [7, 11) is 8.70. The largest absolute Gasteiger partial charge is 0.295 e. The first-order valence-corrected chi connectivity index (χ1v) is 40.4. The van der Waals surface area contributed by atoms with Gasteiger partial charge in [0.25, 0.3) is 23.3 Å². The average Bonchev–Trinajstić information content (AvgIpc) is 1.61. The average molecular weight is 1500 g/mol. The molecule has 4 aromatic heterocycles. The van der Waals surface area contributed by atoms with Gasteiger partial charge in [0.1, 0.15) is 22.7 Å². The molecule has 0 aliphatic heterocycles. The van der Waals surface area contributed by atoms with Crippen LogP contribution in [-0.2, 0) is 33.6 Å². The van der Waals surface area contributed by atoms with Crippen LogP contribution in [0.15, 0.2) is 273 Å². The predicted molar refractivity (Wildman–Crippen MR) is 479 cm³/mol. The van der Waals surface area contributed by atoms with Crippen molar-refractivity contribution >= 4 is 44.1 Å². The van der Waals surface area contributed by atoms with E-state index in [1.165, 1.54) is 207 Å². The highest BCUT2D eigenvalue weighted by atomic mass is 15.2. The molecule has 114 heavy (non-hydrogen) atoms. The lowest BCUT2D eigenvalue weighted by molar-refractivity contribution is -0.634. The first-order chi connectivity index (χ1) is 54.6. The molecular formula is C106H112N8+4. The topological polar surface area (TPSA) is 35.2 Å². The number of hydrogen-bond acceptors (Lipinski definition) is 0. The maximum atomic E-state index is 2.44. The maximum Gasteiger partial charge on any atom is 0.295 e. The van der Waals surface area contributed by atoms with Crippen molar-refractivity contribution in [1.82, 2.24) is 18.3 Å². The number of imidazole rings is 4. The van der Waals surface area contributed by atoms with Crippen molar-refractivity contribution in [2.24, 2.45) is 28.2 Å². The summed E-state index contributed by atoms with van der Waals surface area (Å²) >= 11 is 0. The fourth-order valence-electron chi connectivity index (χ4n) is 17.5. The monoisotopic (exact) mass is 1500 g/mol. The third-order valence-corrected chi connectivity index (χ3v) is 23.4. The Morgan fingerprint density at radius 1 is 0.246 bits per heavy atom. The SMILES string of the molecule is Cc1cc(-c2ccccc2)ccc1-c1n(-c2c(C)cccc2C)c2ccccc2[n+]1C.Cc1cc(C(C)(C)C)ccc1-c1n(-c2c(C)cccc2C)c2ccccc2[n+]1C.Cc1cc(C(C)C)ccc1-c1n(-c2c(C)cccc2C)c2ccccc2[n+]1C.Cc1ccc(-c2n(-c3c(C)cccc3C)c3ccccc3[n+]2C)c(C)c1. The lowest BCUT2D eigenvalue weighted by Gasteiger charge is -2.20. The highest BCUT2D eigenvalue weighted by Crippen LogP contribution is 2.40. The molecule has 0 atom stereocenters. The molecule has 572 valence electrons. The van der Waals surface area contributed by atoms with E-state index < -0.39 is 0 Å². The summed E-state index contributed by atoms with van der Waals surface area (Å²) in [6, 6.07) is 98.8. The lowest BCUT2D eigenvalue weighted by atomic mass is 9.85. The Hall–Kier alpha value is -12.3. The first kappa shape index (κ1) is 78.4. The predicted octanol–water partition coefficient (Wildman–Crippen LogP) is 24.6. The molecule has 17 aromatic rings. The van der Waals surface area contributed by atoms with Crippen LogP contribution in [0.4, 0.5) is 0 Å². The Labute approximate surface area is 676 Å². The molecule has 13 aromatic carbocycles. The number of hydrogen-bond donors (Lipinski definition) is 0. The van der Waals surface area contributed by atoms with Crippen LogP contribution in [0.1, 0.15) is 124 Å². The quantitative estimate of drug-likeness (QED) is 0.122. The first-order valence-electron chi connectivity index (χ1n) is 40.4. The fourth-order valence-corrected chi connectivity index (χ4v) is 17.5. The third-order valence-electron chi connectivity index (χ3n) is 23.4. The summed E-state index contributed by atoms with van der Waals surface area (Å²) in [5.41, 5.74) is 42.3. The van der Waals surface area contributed by atoms with E-state index in [1.807, 2.05) is 0 Å². The highest BCUT2D eigenvalue weighted by Gasteiger charge is 2.34. The number of aryl methyl sites for hydroxylation is 17. The number of benzene rings is 13. The van der Waals surface area contributed by atoms with Crippen LogP contribution >= 0.6 is 0 Å². The molecule has 8 heteroatoms.